The molecule has 3 aromatic carbocycles. The molecule has 2 unspecified atom stereocenters. The number of amidine groups is 1. The first-order chi connectivity index (χ1) is 22.5. The largest absolute Gasteiger partial charge is 0.573 e. The van der Waals surface area contributed by atoms with Gasteiger partial charge in [-0.05, 0) is 73.7 Å². The fourth-order valence-corrected chi connectivity index (χ4v) is 6.46. The number of rotatable bonds is 9. The number of carbonyl (C=O) groups excluding carboxylic acids is 1. The van der Waals surface area contributed by atoms with E-state index < -0.39 is 18.3 Å². The van der Waals surface area contributed by atoms with E-state index >= 15 is 0 Å². The summed E-state index contributed by atoms with van der Waals surface area (Å²) < 4.78 is 42.7. The maximum absolute atomic E-state index is 13.0. The molecule has 244 valence electrons. The van der Waals surface area contributed by atoms with E-state index in [4.69, 9.17) is 0 Å². The summed E-state index contributed by atoms with van der Waals surface area (Å²) in [6, 6.07) is 20.7. The lowest BCUT2D eigenvalue weighted by molar-refractivity contribution is -0.274. The number of aliphatic imine (C=N–C) groups is 1. The molecule has 0 spiro atoms. The highest BCUT2D eigenvalue weighted by molar-refractivity contribution is 8.14. The van der Waals surface area contributed by atoms with Gasteiger partial charge in [0, 0.05) is 29.6 Å². The number of amides is 2. The highest BCUT2D eigenvalue weighted by atomic mass is 32.2. The number of alkyl halides is 3. The predicted octanol–water partition coefficient (Wildman–Crippen LogP) is 7.80. The van der Waals surface area contributed by atoms with Gasteiger partial charge in [0.2, 0.25) is 0 Å². The van der Waals surface area contributed by atoms with Crippen molar-refractivity contribution in [1.82, 2.24) is 20.1 Å². The Morgan fingerprint density at radius 2 is 1.91 bits per heavy atom. The molecule has 1 N–H and O–H groups in total. The predicted molar refractivity (Wildman–Crippen MR) is 177 cm³/mol. The molecule has 4 aromatic rings. The smallest absolute Gasteiger partial charge is 0.406 e. The number of aryl methyl sites for hydroxylation is 2. The zero-order valence-corrected chi connectivity index (χ0v) is 27.0. The number of carbonyl (C=O) groups is 1. The quantitative estimate of drug-likeness (QED) is 0.195. The van der Waals surface area contributed by atoms with Gasteiger partial charge in [0.05, 0.1) is 17.7 Å². The number of thioether (sulfide) groups is 1. The first kappa shape index (κ1) is 33.5. The van der Waals surface area contributed by atoms with Gasteiger partial charge in [-0.2, -0.15) is 10.3 Å². The molecule has 2 heterocycles. The number of hydrogen-bond acceptors (Lipinski definition) is 6. The van der Waals surface area contributed by atoms with Crippen LogP contribution in [0.1, 0.15) is 49.3 Å². The van der Waals surface area contributed by atoms with Crippen LogP contribution in [-0.4, -0.2) is 50.7 Å². The Morgan fingerprint density at radius 1 is 1.17 bits per heavy atom. The number of anilines is 1. The van der Waals surface area contributed by atoms with E-state index in [-0.39, 0.29) is 18.3 Å². The second-order valence-corrected chi connectivity index (χ2v) is 12.2. The van der Waals surface area contributed by atoms with E-state index in [2.05, 4.69) is 75.1 Å². The first-order valence-corrected chi connectivity index (χ1v) is 16.2. The summed E-state index contributed by atoms with van der Waals surface area (Å²) in [5.74, 6) is 0.310. The van der Waals surface area contributed by atoms with Gasteiger partial charge in [0.1, 0.15) is 12.1 Å². The van der Waals surface area contributed by atoms with Crippen molar-refractivity contribution >= 4 is 28.6 Å². The molecule has 1 fully saturated rings. The van der Waals surface area contributed by atoms with Crippen LogP contribution in [0.3, 0.4) is 0 Å². The van der Waals surface area contributed by atoms with Gasteiger partial charge in [0.15, 0.2) is 11.0 Å². The van der Waals surface area contributed by atoms with Crippen LogP contribution >= 0.6 is 11.8 Å². The number of urea groups is 1. The molecule has 0 aliphatic carbocycles. The second-order valence-electron chi connectivity index (χ2n) is 11.2. The highest BCUT2D eigenvalue weighted by Gasteiger charge is 2.31. The molecule has 2 amide bonds. The van der Waals surface area contributed by atoms with Crippen molar-refractivity contribution in [2.24, 2.45) is 4.99 Å². The van der Waals surface area contributed by atoms with Crippen LogP contribution in [0, 0.1) is 18.3 Å². The van der Waals surface area contributed by atoms with Crippen LogP contribution in [0.5, 0.6) is 5.75 Å². The van der Waals surface area contributed by atoms with Gasteiger partial charge in [-0.3, -0.25) is 0 Å². The average Bonchev–Trinajstić information content (AvgIpc) is 3.53. The molecule has 0 bridgehead atoms. The number of nitrogens with zero attached hydrogens (tertiary/aromatic N) is 6. The molecule has 1 saturated heterocycles. The summed E-state index contributed by atoms with van der Waals surface area (Å²) in [7, 11) is 0. The molecule has 2 atom stereocenters. The number of aromatic nitrogens is 3. The molecule has 1 aliphatic heterocycles. The molecular formula is C34H34F3N7O2S. The Morgan fingerprint density at radius 3 is 2.60 bits per heavy atom. The standard InChI is InChI=1S/C34H34F3N7O2S/c1-4-5-25-7-6-22(2)18-30(25)44-23(3)16-17-47-33(44)41-32(45)39-20-27(19-38)24-8-10-26(11-9-24)31-40-21-43(42-31)28-12-14-29(15-13-28)46-34(35,36)37/h6-15,18,21,23,27H,4-5,16-17,20H2,1-3H3,(H,39,45)/b41-33-. The van der Waals surface area contributed by atoms with Crippen molar-refractivity contribution in [2.45, 2.75) is 58.4 Å². The van der Waals surface area contributed by atoms with Crippen molar-refractivity contribution in [1.29, 1.82) is 5.26 Å². The molecule has 0 radical (unpaired) electrons. The van der Waals surface area contributed by atoms with Crippen LogP contribution < -0.4 is 15.0 Å². The van der Waals surface area contributed by atoms with Gasteiger partial charge < -0.3 is 15.0 Å². The molecule has 9 nitrogen and oxygen atoms in total. The van der Waals surface area contributed by atoms with Crippen molar-refractivity contribution in [2.75, 3.05) is 17.2 Å². The zero-order chi connectivity index (χ0) is 33.6. The van der Waals surface area contributed by atoms with Gasteiger partial charge in [-0.1, -0.05) is 61.5 Å². The number of nitriles is 1. The molecule has 1 aromatic heterocycles. The van der Waals surface area contributed by atoms with Crippen molar-refractivity contribution < 1.29 is 22.7 Å². The number of ether oxygens (including phenoxy) is 1. The van der Waals surface area contributed by atoms with Crippen LogP contribution in [-0.2, 0) is 6.42 Å². The highest BCUT2D eigenvalue weighted by Crippen LogP contribution is 2.33. The summed E-state index contributed by atoms with van der Waals surface area (Å²) >= 11 is 1.56. The third-order valence-electron chi connectivity index (χ3n) is 7.64. The number of benzene rings is 3. The minimum absolute atomic E-state index is 0.0815. The molecule has 13 heteroatoms. The molecule has 0 saturated carbocycles. The topological polar surface area (TPSA) is 108 Å². The molecule has 1 aliphatic rings. The fraction of sp³-hybridized carbons (Fsp3) is 0.324. The molecule has 47 heavy (non-hydrogen) atoms. The van der Waals surface area contributed by atoms with Crippen molar-refractivity contribution in [3.05, 3.63) is 89.7 Å². The number of nitrogens with one attached hydrogen (secondary N) is 1. The second kappa shape index (κ2) is 14.7. The maximum atomic E-state index is 13.0. The Bertz CT molecular complexity index is 1770. The maximum Gasteiger partial charge on any atom is 0.573 e. The minimum atomic E-state index is -4.77. The van der Waals surface area contributed by atoms with Gasteiger partial charge in [0.25, 0.3) is 0 Å². The van der Waals surface area contributed by atoms with Gasteiger partial charge in [-0.25, -0.2) is 14.5 Å². The minimum Gasteiger partial charge on any atom is -0.406 e. The summed E-state index contributed by atoms with van der Waals surface area (Å²) in [6.45, 7) is 6.44. The fourth-order valence-electron chi connectivity index (χ4n) is 5.25. The van der Waals surface area contributed by atoms with Gasteiger partial charge >= 0.3 is 12.4 Å². The molecular weight excluding hydrogens is 627 g/mol. The molecule has 5 rings (SSSR count). The van der Waals surface area contributed by atoms with E-state index in [1.54, 1.807) is 36.0 Å². The summed E-state index contributed by atoms with van der Waals surface area (Å²) in [6.07, 6.45) is -0.402. The van der Waals surface area contributed by atoms with Crippen LogP contribution in [0.2, 0.25) is 0 Å². The van der Waals surface area contributed by atoms with Crippen molar-refractivity contribution in [3.63, 3.8) is 0 Å². The first-order valence-electron chi connectivity index (χ1n) is 15.2. The van der Waals surface area contributed by atoms with E-state index in [1.165, 1.54) is 40.8 Å². The third kappa shape index (κ3) is 8.51. The van der Waals surface area contributed by atoms with E-state index in [0.29, 0.717) is 27.8 Å². The van der Waals surface area contributed by atoms with Gasteiger partial charge in [-0.15, -0.1) is 18.3 Å². The van der Waals surface area contributed by atoms with E-state index in [0.717, 1.165) is 36.3 Å². The Kier molecular flexibility index (Phi) is 10.5. The van der Waals surface area contributed by atoms with E-state index in [1.807, 2.05) is 0 Å². The van der Waals surface area contributed by atoms with Crippen LogP contribution in [0.15, 0.2) is 78.0 Å². The normalized spacial score (nSPS) is 16.5. The summed E-state index contributed by atoms with van der Waals surface area (Å²) in [5.41, 5.74) is 5.34. The zero-order valence-electron chi connectivity index (χ0n) is 26.2. The van der Waals surface area contributed by atoms with Crippen LogP contribution in [0.25, 0.3) is 17.1 Å². The Balaban J connectivity index is 1.24. The SMILES string of the molecule is CCCc1ccc(C)cc1N1/C(=N/C(=O)NCC(C#N)c2ccc(-c3ncn(-c4ccc(OC(F)(F)F)cc4)n3)cc2)SCCC1C. The van der Waals surface area contributed by atoms with Crippen LogP contribution in [0.4, 0.5) is 23.7 Å². The Labute approximate surface area is 275 Å². The third-order valence-corrected chi connectivity index (χ3v) is 8.63. The Hall–Kier alpha value is -4.83. The number of halogens is 3. The lowest BCUT2D eigenvalue weighted by atomic mass is 9.99. The lowest BCUT2D eigenvalue weighted by Crippen LogP contribution is -2.42. The monoisotopic (exact) mass is 661 g/mol. The van der Waals surface area contributed by atoms with Crippen molar-refractivity contribution in [3.8, 4) is 28.9 Å². The lowest BCUT2D eigenvalue weighted by Gasteiger charge is -2.37. The van der Waals surface area contributed by atoms with E-state index in [9.17, 15) is 23.2 Å². The summed E-state index contributed by atoms with van der Waals surface area (Å²) in [5, 5.41) is 17.8. The number of hydrogen-bond donors (Lipinski definition) is 1. The summed E-state index contributed by atoms with van der Waals surface area (Å²) in [4.78, 5) is 24.0. The average molecular weight is 662 g/mol.